The molecule has 0 bridgehead atoms. The number of unbranched alkanes of at least 4 members (excludes halogenated alkanes) is 2. The van der Waals surface area contributed by atoms with Gasteiger partial charge in [0.1, 0.15) is 0 Å². The molecule has 0 unspecified atom stereocenters. The number of carbonyl (C=O) groups excluding carboxylic acids is 1. The maximum absolute atomic E-state index is 11.5. The van der Waals surface area contributed by atoms with E-state index in [0.29, 0.717) is 12.2 Å². The Kier molecular flexibility index (Phi) is 6.94. The monoisotopic (exact) mass is 310 g/mol. The third kappa shape index (κ3) is 8.14. The van der Waals surface area contributed by atoms with Crippen molar-refractivity contribution in [3.63, 3.8) is 0 Å². The molecule has 6 heteroatoms. The lowest BCUT2D eigenvalue weighted by atomic mass is 10.2. The van der Waals surface area contributed by atoms with E-state index < -0.39 is 10.0 Å². The molecule has 0 aliphatic carbocycles. The van der Waals surface area contributed by atoms with Gasteiger partial charge in [-0.25, -0.2) is 8.42 Å². The van der Waals surface area contributed by atoms with Crippen LogP contribution in [-0.2, 0) is 14.8 Å². The molecule has 1 aromatic carbocycles. The molecule has 0 aromatic heterocycles. The lowest BCUT2D eigenvalue weighted by Crippen LogP contribution is -2.21. The van der Waals surface area contributed by atoms with Crippen LogP contribution in [0.5, 0.6) is 0 Å². The molecule has 1 amide bonds. The van der Waals surface area contributed by atoms with Gasteiger partial charge >= 0.3 is 0 Å². The minimum Gasteiger partial charge on any atom is -0.353 e. The zero-order valence-electron chi connectivity index (χ0n) is 12.4. The molecule has 21 heavy (non-hydrogen) atoms. The quantitative estimate of drug-likeness (QED) is 0.572. The predicted octanol–water partition coefficient (Wildman–Crippen LogP) is 2.38. The molecule has 1 rings (SSSR count). The summed E-state index contributed by atoms with van der Waals surface area (Å²) in [5.74, 6) is -0.121. The van der Waals surface area contributed by atoms with Gasteiger partial charge in [0.25, 0.3) is 0 Å². The lowest BCUT2D eigenvalue weighted by molar-refractivity contribution is -0.116. The SMILES string of the molecule is CCCCCNC(=O)/C=C/c1ccc(NS(C)(=O)=O)cc1. The Balaban J connectivity index is 2.47. The van der Waals surface area contributed by atoms with Crippen LogP contribution in [0.1, 0.15) is 31.7 Å². The van der Waals surface area contributed by atoms with Crippen LogP contribution in [0.2, 0.25) is 0 Å². The minimum atomic E-state index is -3.26. The van der Waals surface area contributed by atoms with E-state index in [-0.39, 0.29) is 5.91 Å². The highest BCUT2D eigenvalue weighted by molar-refractivity contribution is 7.92. The molecule has 0 saturated heterocycles. The number of rotatable bonds is 8. The van der Waals surface area contributed by atoms with E-state index in [1.165, 1.54) is 6.08 Å². The summed E-state index contributed by atoms with van der Waals surface area (Å²) in [5, 5.41) is 2.81. The highest BCUT2D eigenvalue weighted by atomic mass is 32.2. The van der Waals surface area contributed by atoms with Crippen molar-refractivity contribution < 1.29 is 13.2 Å². The Bertz CT molecular complexity index is 577. The second kappa shape index (κ2) is 8.46. The summed E-state index contributed by atoms with van der Waals surface area (Å²) in [6, 6.07) is 6.79. The molecule has 0 radical (unpaired) electrons. The summed E-state index contributed by atoms with van der Waals surface area (Å²) in [4.78, 5) is 11.5. The summed E-state index contributed by atoms with van der Waals surface area (Å²) < 4.78 is 24.5. The molecule has 2 N–H and O–H groups in total. The first-order valence-electron chi connectivity index (χ1n) is 6.94. The normalized spacial score (nSPS) is 11.5. The number of carbonyl (C=O) groups is 1. The van der Waals surface area contributed by atoms with E-state index in [1.807, 2.05) is 0 Å². The van der Waals surface area contributed by atoms with Gasteiger partial charge in [0.15, 0.2) is 0 Å². The van der Waals surface area contributed by atoms with Crippen molar-refractivity contribution >= 4 is 27.7 Å². The first-order valence-corrected chi connectivity index (χ1v) is 8.83. The van der Waals surface area contributed by atoms with Crippen LogP contribution in [-0.4, -0.2) is 27.1 Å². The molecule has 0 aliphatic heterocycles. The van der Waals surface area contributed by atoms with E-state index in [0.717, 1.165) is 31.1 Å². The van der Waals surface area contributed by atoms with Crippen molar-refractivity contribution in [1.29, 1.82) is 0 Å². The largest absolute Gasteiger partial charge is 0.353 e. The topological polar surface area (TPSA) is 75.3 Å². The van der Waals surface area contributed by atoms with Crippen LogP contribution < -0.4 is 10.0 Å². The molecule has 1 aromatic rings. The van der Waals surface area contributed by atoms with Gasteiger partial charge in [0, 0.05) is 18.3 Å². The number of hydrogen-bond acceptors (Lipinski definition) is 3. The zero-order chi connectivity index (χ0) is 15.7. The van der Waals surface area contributed by atoms with Crippen LogP contribution in [0.4, 0.5) is 5.69 Å². The van der Waals surface area contributed by atoms with Gasteiger partial charge in [-0.3, -0.25) is 9.52 Å². The maximum Gasteiger partial charge on any atom is 0.243 e. The third-order valence-electron chi connectivity index (χ3n) is 2.72. The molecule has 0 spiro atoms. The molecule has 0 aliphatic rings. The number of hydrogen-bond donors (Lipinski definition) is 2. The van der Waals surface area contributed by atoms with Gasteiger partial charge in [0.05, 0.1) is 6.26 Å². The van der Waals surface area contributed by atoms with Crippen LogP contribution in [0.15, 0.2) is 30.3 Å². The van der Waals surface area contributed by atoms with E-state index in [2.05, 4.69) is 17.0 Å². The van der Waals surface area contributed by atoms with Gasteiger partial charge in [0.2, 0.25) is 15.9 Å². The maximum atomic E-state index is 11.5. The second-order valence-electron chi connectivity index (χ2n) is 4.83. The first-order chi connectivity index (χ1) is 9.90. The highest BCUT2D eigenvalue weighted by Crippen LogP contribution is 2.11. The summed E-state index contributed by atoms with van der Waals surface area (Å²) in [6.45, 7) is 2.80. The second-order valence-corrected chi connectivity index (χ2v) is 6.58. The van der Waals surface area contributed by atoms with E-state index in [9.17, 15) is 13.2 Å². The molecular weight excluding hydrogens is 288 g/mol. The number of benzene rings is 1. The fraction of sp³-hybridized carbons (Fsp3) is 0.400. The average molecular weight is 310 g/mol. The average Bonchev–Trinajstić information content (AvgIpc) is 2.41. The van der Waals surface area contributed by atoms with Crippen molar-refractivity contribution in [2.45, 2.75) is 26.2 Å². The summed E-state index contributed by atoms with van der Waals surface area (Å²) in [7, 11) is -3.26. The van der Waals surface area contributed by atoms with E-state index >= 15 is 0 Å². The predicted molar refractivity (Wildman–Crippen MR) is 86.5 cm³/mol. The van der Waals surface area contributed by atoms with E-state index in [4.69, 9.17) is 0 Å². The number of anilines is 1. The van der Waals surface area contributed by atoms with Crippen LogP contribution in [0.3, 0.4) is 0 Å². The number of amides is 1. The van der Waals surface area contributed by atoms with Crippen molar-refractivity contribution in [3.05, 3.63) is 35.9 Å². The number of sulfonamides is 1. The van der Waals surface area contributed by atoms with Crippen molar-refractivity contribution in [3.8, 4) is 0 Å². The molecule has 0 saturated carbocycles. The summed E-state index contributed by atoms with van der Waals surface area (Å²) in [5.41, 5.74) is 1.33. The van der Waals surface area contributed by atoms with E-state index in [1.54, 1.807) is 30.3 Å². The molecule has 0 atom stereocenters. The third-order valence-corrected chi connectivity index (χ3v) is 3.33. The smallest absolute Gasteiger partial charge is 0.243 e. The summed E-state index contributed by atoms with van der Waals surface area (Å²) in [6.07, 6.45) is 7.49. The van der Waals surface area contributed by atoms with Crippen molar-refractivity contribution in [1.82, 2.24) is 5.32 Å². The van der Waals surface area contributed by atoms with Crippen LogP contribution in [0.25, 0.3) is 6.08 Å². The first kappa shape index (κ1) is 17.2. The van der Waals surface area contributed by atoms with Crippen molar-refractivity contribution in [2.75, 3.05) is 17.5 Å². The minimum absolute atomic E-state index is 0.121. The standard InChI is InChI=1S/C15H22N2O3S/c1-3-4-5-12-16-15(18)11-8-13-6-9-14(10-7-13)17-21(2,19)20/h6-11,17H,3-5,12H2,1-2H3,(H,16,18)/b11-8+. The molecule has 0 heterocycles. The molecule has 116 valence electrons. The molecule has 0 fully saturated rings. The zero-order valence-corrected chi connectivity index (χ0v) is 13.2. The van der Waals surface area contributed by atoms with Crippen molar-refractivity contribution in [2.24, 2.45) is 0 Å². The fourth-order valence-corrected chi connectivity index (χ4v) is 2.26. The Morgan fingerprint density at radius 2 is 1.86 bits per heavy atom. The van der Waals surface area contributed by atoms with Gasteiger partial charge in [-0.05, 0) is 30.2 Å². The Morgan fingerprint density at radius 3 is 2.43 bits per heavy atom. The molecule has 5 nitrogen and oxygen atoms in total. The molecular formula is C15H22N2O3S. The summed E-state index contributed by atoms with van der Waals surface area (Å²) >= 11 is 0. The Labute approximate surface area is 126 Å². The van der Waals surface area contributed by atoms with Crippen LogP contribution in [0, 0.1) is 0 Å². The van der Waals surface area contributed by atoms with Gasteiger partial charge in [-0.15, -0.1) is 0 Å². The number of nitrogens with one attached hydrogen (secondary N) is 2. The Hall–Kier alpha value is -1.82. The van der Waals surface area contributed by atoms with Gasteiger partial charge in [-0.1, -0.05) is 31.9 Å². The van der Waals surface area contributed by atoms with Crippen LogP contribution >= 0.6 is 0 Å². The lowest BCUT2D eigenvalue weighted by Gasteiger charge is -2.03. The highest BCUT2D eigenvalue weighted by Gasteiger charge is 2.00. The van der Waals surface area contributed by atoms with Gasteiger partial charge in [-0.2, -0.15) is 0 Å². The van der Waals surface area contributed by atoms with Gasteiger partial charge < -0.3 is 5.32 Å². The Morgan fingerprint density at radius 1 is 1.19 bits per heavy atom. The fourth-order valence-electron chi connectivity index (χ4n) is 1.69.